The molecule has 3 heterocycles. The standard InChI is InChI=1S/C26H34N4O4/c1-3-33-24-18-22(4-5-23(24)34-19-20-6-10-27-11-7-20)26(32)29-12-8-21(9-13-29)25(31)30-16-14-28(2)15-17-30/h4-7,10-11,18,21H,3,8-9,12-17,19H2,1-2H3. The molecule has 0 spiro atoms. The number of piperidine rings is 1. The highest BCUT2D eigenvalue weighted by molar-refractivity contribution is 5.95. The largest absolute Gasteiger partial charge is 0.490 e. The van der Waals surface area contributed by atoms with E-state index in [1.807, 2.05) is 28.9 Å². The Hall–Kier alpha value is -3.13. The maximum atomic E-state index is 13.2. The fourth-order valence-corrected chi connectivity index (χ4v) is 4.47. The third-order valence-corrected chi connectivity index (χ3v) is 6.58. The second kappa shape index (κ2) is 11.3. The van der Waals surface area contributed by atoms with E-state index in [0.29, 0.717) is 56.2 Å². The van der Waals surface area contributed by atoms with Gasteiger partial charge < -0.3 is 24.2 Å². The number of benzene rings is 1. The number of carbonyl (C=O) groups excluding carboxylic acids is 2. The Morgan fingerprint density at radius 1 is 0.912 bits per heavy atom. The molecule has 2 aromatic rings. The number of hydrogen-bond donors (Lipinski definition) is 0. The summed E-state index contributed by atoms with van der Waals surface area (Å²) in [6.07, 6.45) is 4.88. The molecule has 1 aromatic heterocycles. The summed E-state index contributed by atoms with van der Waals surface area (Å²) in [6.45, 7) is 7.40. The van der Waals surface area contributed by atoms with E-state index < -0.39 is 0 Å². The van der Waals surface area contributed by atoms with Gasteiger partial charge in [0.1, 0.15) is 6.61 Å². The van der Waals surface area contributed by atoms with Crippen molar-refractivity contribution >= 4 is 11.8 Å². The molecule has 0 bridgehead atoms. The van der Waals surface area contributed by atoms with Gasteiger partial charge in [-0.2, -0.15) is 0 Å². The predicted molar refractivity (Wildman–Crippen MR) is 129 cm³/mol. The Bertz CT molecular complexity index is 968. The minimum absolute atomic E-state index is 0.00963. The quantitative estimate of drug-likeness (QED) is 0.625. The summed E-state index contributed by atoms with van der Waals surface area (Å²) < 4.78 is 11.7. The minimum Gasteiger partial charge on any atom is -0.490 e. The van der Waals surface area contributed by atoms with Crippen molar-refractivity contribution in [1.82, 2.24) is 19.7 Å². The molecule has 2 aliphatic heterocycles. The van der Waals surface area contributed by atoms with Crippen LogP contribution in [0.5, 0.6) is 11.5 Å². The number of rotatable bonds is 7. The van der Waals surface area contributed by atoms with Gasteiger partial charge in [-0.1, -0.05) is 0 Å². The fraction of sp³-hybridized carbons (Fsp3) is 0.500. The summed E-state index contributed by atoms with van der Waals surface area (Å²) in [5.74, 6) is 1.38. The number of likely N-dealkylation sites (N-methyl/N-ethyl adjacent to an activating group) is 1. The Labute approximate surface area is 201 Å². The van der Waals surface area contributed by atoms with Gasteiger partial charge in [0.15, 0.2) is 11.5 Å². The van der Waals surface area contributed by atoms with Gasteiger partial charge >= 0.3 is 0 Å². The van der Waals surface area contributed by atoms with E-state index in [1.165, 1.54) is 0 Å². The Morgan fingerprint density at radius 2 is 1.62 bits per heavy atom. The normalized spacial score (nSPS) is 17.5. The number of aromatic nitrogens is 1. The molecule has 0 N–H and O–H groups in total. The average molecular weight is 467 g/mol. The van der Waals surface area contributed by atoms with Crippen molar-refractivity contribution in [1.29, 1.82) is 0 Å². The van der Waals surface area contributed by atoms with E-state index in [9.17, 15) is 9.59 Å². The second-order valence-corrected chi connectivity index (χ2v) is 8.93. The fourth-order valence-electron chi connectivity index (χ4n) is 4.47. The maximum absolute atomic E-state index is 13.2. The first kappa shape index (κ1) is 24.0. The molecular formula is C26H34N4O4. The van der Waals surface area contributed by atoms with Crippen LogP contribution in [0, 0.1) is 5.92 Å². The van der Waals surface area contributed by atoms with E-state index in [1.54, 1.807) is 30.6 Å². The van der Waals surface area contributed by atoms with Gasteiger partial charge in [-0.3, -0.25) is 14.6 Å². The number of carbonyl (C=O) groups is 2. The Morgan fingerprint density at radius 3 is 2.29 bits per heavy atom. The van der Waals surface area contributed by atoms with E-state index >= 15 is 0 Å². The highest BCUT2D eigenvalue weighted by Gasteiger charge is 2.31. The van der Waals surface area contributed by atoms with Crippen LogP contribution in [-0.2, 0) is 11.4 Å². The first-order chi connectivity index (χ1) is 16.5. The average Bonchev–Trinajstić information content (AvgIpc) is 2.88. The lowest BCUT2D eigenvalue weighted by molar-refractivity contribution is -0.138. The van der Waals surface area contributed by atoms with Gasteiger partial charge in [-0.15, -0.1) is 0 Å². The molecule has 0 saturated carbocycles. The number of nitrogens with zero attached hydrogens (tertiary/aromatic N) is 4. The van der Waals surface area contributed by atoms with Crippen LogP contribution in [0.25, 0.3) is 0 Å². The molecule has 2 aliphatic rings. The molecule has 0 atom stereocenters. The molecule has 2 fully saturated rings. The number of ether oxygens (including phenoxy) is 2. The molecule has 1 aromatic carbocycles. The van der Waals surface area contributed by atoms with Crippen LogP contribution >= 0.6 is 0 Å². The van der Waals surface area contributed by atoms with Crippen LogP contribution in [0.15, 0.2) is 42.7 Å². The maximum Gasteiger partial charge on any atom is 0.253 e. The third kappa shape index (κ3) is 5.86. The molecule has 2 amide bonds. The van der Waals surface area contributed by atoms with Crippen LogP contribution in [-0.4, -0.2) is 84.4 Å². The zero-order chi connectivity index (χ0) is 23.9. The van der Waals surface area contributed by atoms with Gasteiger partial charge in [0, 0.05) is 63.1 Å². The molecule has 0 unspecified atom stereocenters. The van der Waals surface area contributed by atoms with Crippen LogP contribution < -0.4 is 9.47 Å². The molecule has 0 aliphatic carbocycles. The van der Waals surface area contributed by atoms with Crippen molar-refractivity contribution in [3.8, 4) is 11.5 Å². The Kier molecular flexibility index (Phi) is 8.00. The summed E-state index contributed by atoms with van der Waals surface area (Å²) >= 11 is 0. The summed E-state index contributed by atoms with van der Waals surface area (Å²) in [5.41, 5.74) is 1.58. The number of pyridine rings is 1. The number of likely N-dealkylation sites (tertiary alicyclic amines) is 1. The summed E-state index contributed by atoms with van der Waals surface area (Å²) in [7, 11) is 2.09. The van der Waals surface area contributed by atoms with Gasteiger partial charge in [-0.05, 0) is 62.7 Å². The summed E-state index contributed by atoms with van der Waals surface area (Å²) in [6, 6.07) is 9.14. The van der Waals surface area contributed by atoms with Gasteiger partial charge in [0.25, 0.3) is 5.91 Å². The molecular weight excluding hydrogens is 432 g/mol. The van der Waals surface area contributed by atoms with Crippen molar-refractivity contribution in [2.75, 3.05) is 52.9 Å². The summed E-state index contributed by atoms with van der Waals surface area (Å²) in [5, 5.41) is 0. The molecule has 182 valence electrons. The first-order valence-corrected chi connectivity index (χ1v) is 12.1. The van der Waals surface area contributed by atoms with Crippen LogP contribution in [0.1, 0.15) is 35.7 Å². The molecule has 34 heavy (non-hydrogen) atoms. The Balaban J connectivity index is 1.35. The highest BCUT2D eigenvalue weighted by Crippen LogP contribution is 2.30. The van der Waals surface area contributed by atoms with Crippen molar-refractivity contribution in [3.63, 3.8) is 0 Å². The monoisotopic (exact) mass is 466 g/mol. The number of piperazine rings is 1. The predicted octanol–water partition coefficient (Wildman–Crippen LogP) is 2.69. The van der Waals surface area contributed by atoms with Crippen LogP contribution in [0.2, 0.25) is 0 Å². The lowest BCUT2D eigenvalue weighted by Crippen LogP contribution is -2.51. The van der Waals surface area contributed by atoms with Gasteiger partial charge in [-0.25, -0.2) is 0 Å². The molecule has 4 rings (SSSR count). The van der Waals surface area contributed by atoms with Crippen molar-refractivity contribution in [3.05, 3.63) is 53.9 Å². The van der Waals surface area contributed by atoms with Crippen molar-refractivity contribution in [2.24, 2.45) is 5.92 Å². The SMILES string of the molecule is CCOc1cc(C(=O)N2CCC(C(=O)N3CCN(C)CC3)CC2)ccc1OCc1ccncc1. The van der Waals surface area contributed by atoms with Crippen molar-refractivity contribution in [2.45, 2.75) is 26.4 Å². The minimum atomic E-state index is -0.0351. The lowest BCUT2D eigenvalue weighted by atomic mass is 9.94. The van der Waals surface area contributed by atoms with Crippen molar-refractivity contribution < 1.29 is 19.1 Å². The summed E-state index contributed by atoms with van der Waals surface area (Å²) in [4.78, 5) is 36.2. The van der Waals surface area contributed by atoms with Crippen LogP contribution in [0.4, 0.5) is 0 Å². The highest BCUT2D eigenvalue weighted by atomic mass is 16.5. The van der Waals surface area contributed by atoms with E-state index in [0.717, 1.165) is 31.7 Å². The van der Waals surface area contributed by atoms with E-state index in [4.69, 9.17) is 9.47 Å². The topological polar surface area (TPSA) is 75.2 Å². The van der Waals surface area contributed by atoms with Crippen LogP contribution in [0.3, 0.4) is 0 Å². The van der Waals surface area contributed by atoms with E-state index in [-0.39, 0.29) is 17.7 Å². The smallest absolute Gasteiger partial charge is 0.253 e. The lowest BCUT2D eigenvalue weighted by Gasteiger charge is -2.37. The number of amides is 2. The second-order valence-electron chi connectivity index (χ2n) is 8.93. The van der Waals surface area contributed by atoms with E-state index in [2.05, 4.69) is 16.9 Å². The third-order valence-electron chi connectivity index (χ3n) is 6.58. The molecule has 8 nitrogen and oxygen atoms in total. The first-order valence-electron chi connectivity index (χ1n) is 12.1. The molecule has 2 saturated heterocycles. The number of hydrogen-bond acceptors (Lipinski definition) is 6. The van der Waals surface area contributed by atoms with Gasteiger partial charge in [0.05, 0.1) is 6.61 Å². The molecule has 8 heteroatoms. The zero-order valence-corrected chi connectivity index (χ0v) is 20.1. The zero-order valence-electron chi connectivity index (χ0n) is 20.1. The van der Waals surface area contributed by atoms with Gasteiger partial charge in [0.2, 0.25) is 5.91 Å². The molecule has 0 radical (unpaired) electrons.